The number of carbonyl (C=O) groups is 1. The highest BCUT2D eigenvalue weighted by Gasteiger charge is 2.19. The number of methoxy groups -OCH3 is 2. The molecule has 1 N–H and O–H groups in total. The van der Waals surface area contributed by atoms with Gasteiger partial charge in [0.05, 0.1) is 19.9 Å². The molecule has 0 unspecified atom stereocenters. The summed E-state index contributed by atoms with van der Waals surface area (Å²) >= 11 is 1.60. The van der Waals surface area contributed by atoms with Gasteiger partial charge in [0.25, 0.3) is 0 Å². The average Bonchev–Trinajstić information content (AvgIpc) is 3.27. The van der Waals surface area contributed by atoms with Gasteiger partial charge in [0.15, 0.2) is 0 Å². The molecule has 0 fully saturated rings. The van der Waals surface area contributed by atoms with Crippen molar-refractivity contribution in [3.05, 3.63) is 59.6 Å². The van der Waals surface area contributed by atoms with Crippen LogP contribution in [0.5, 0.6) is 11.5 Å². The van der Waals surface area contributed by atoms with E-state index in [2.05, 4.69) is 16.4 Å². The van der Waals surface area contributed by atoms with Crippen LogP contribution in [0.4, 0.5) is 10.5 Å². The second kappa shape index (κ2) is 9.43. The Labute approximate surface area is 175 Å². The second-order valence-corrected chi connectivity index (χ2v) is 7.65. The van der Waals surface area contributed by atoms with Crippen molar-refractivity contribution in [3.63, 3.8) is 0 Å². The molecule has 0 saturated heterocycles. The summed E-state index contributed by atoms with van der Waals surface area (Å²) in [4.78, 5) is 19.2. The third kappa shape index (κ3) is 5.06. The highest BCUT2D eigenvalue weighted by molar-refractivity contribution is 7.13. The lowest BCUT2D eigenvalue weighted by Gasteiger charge is -2.27. The van der Waals surface area contributed by atoms with Crippen molar-refractivity contribution in [3.8, 4) is 22.1 Å². The summed E-state index contributed by atoms with van der Waals surface area (Å²) in [7, 11) is 3.16. The smallest absolute Gasteiger partial charge is 0.322 e. The monoisotopic (exact) mass is 411 g/mol. The standard InChI is InChI=1S/C22H25N3O3S/c1-15(2)25(14-16-6-5-7-17(12-16)21-23-10-11-29-21)22(26)24-19-13-18(27-3)8-9-20(19)28-4/h5-13,15H,14H2,1-4H3,(H,24,26). The van der Waals surface area contributed by atoms with Crippen molar-refractivity contribution >= 4 is 23.1 Å². The van der Waals surface area contributed by atoms with Crippen LogP contribution in [0.3, 0.4) is 0 Å². The van der Waals surface area contributed by atoms with E-state index in [0.717, 1.165) is 16.1 Å². The maximum absolute atomic E-state index is 13.0. The van der Waals surface area contributed by atoms with Crippen LogP contribution in [0.2, 0.25) is 0 Å². The number of carbonyl (C=O) groups excluding carboxylic acids is 1. The largest absolute Gasteiger partial charge is 0.497 e. The fourth-order valence-corrected chi connectivity index (χ4v) is 3.59. The summed E-state index contributed by atoms with van der Waals surface area (Å²) in [6.45, 7) is 4.47. The van der Waals surface area contributed by atoms with Crippen LogP contribution in [0.15, 0.2) is 54.0 Å². The molecule has 0 radical (unpaired) electrons. The lowest BCUT2D eigenvalue weighted by molar-refractivity contribution is 0.193. The SMILES string of the molecule is COc1ccc(OC)c(NC(=O)N(Cc2cccc(-c3nccs3)c2)C(C)C)c1. The minimum atomic E-state index is -0.203. The lowest BCUT2D eigenvalue weighted by Crippen LogP contribution is -2.39. The minimum Gasteiger partial charge on any atom is -0.497 e. The third-order valence-corrected chi connectivity index (χ3v) is 5.31. The number of urea groups is 1. The van der Waals surface area contributed by atoms with Crippen molar-refractivity contribution in [2.24, 2.45) is 0 Å². The van der Waals surface area contributed by atoms with Crippen molar-refractivity contribution in [2.45, 2.75) is 26.4 Å². The number of amides is 2. The molecule has 29 heavy (non-hydrogen) atoms. The summed E-state index contributed by atoms with van der Waals surface area (Å²) in [6, 6.07) is 13.2. The fraction of sp³-hybridized carbons (Fsp3) is 0.273. The predicted molar refractivity (Wildman–Crippen MR) is 117 cm³/mol. The molecule has 2 aromatic carbocycles. The minimum absolute atomic E-state index is 0.00937. The molecule has 3 aromatic rings. The Morgan fingerprint density at radius 1 is 1.17 bits per heavy atom. The van der Waals surface area contributed by atoms with Crippen molar-refractivity contribution in [2.75, 3.05) is 19.5 Å². The molecule has 152 valence electrons. The van der Waals surface area contributed by atoms with E-state index in [1.807, 2.05) is 37.4 Å². The van der Waals surface area contributed by atoms with Gasteiger partial charge in [-0.05, 0) is 37.6 Å². The molecule has 3 rings (SSSR count). The number of thiazole rings is 1. The Balaban J connectivity index is 1.80. The zero-order valence-corrected chi connectivity index (χ0v) is 17.8. The lowest BCUT2D eigenvalue weighted by atomic mass is 10.1. The van der Waals surface area contributed by atoms with Gasteiger partial charge in [0.1, 0.15) is 16.5 Å². The fourth-order valence-electron chi connectivity index (χ4n) is 2.95. The first-order valence-electron chi connectivity index (χ1n) is 9.30. The Hall–Kier alpha value is -3.06. The molecule has 1 aromatic heterocycles. The summed E-state index contributed by atoms with van der Waals surface area (Å²) in [5.74, 6) is 1.22. The van der Waals surface area contributed by atoms with E-state index >= 15 is 0 Å². The summed E-state index contributed by atoms with van der Waals surface area (Å²) in [5.41, 5.74) is 2.66. The highest BCUT2D eigenvalue weighted by atomic mass is 32.1. The summed E-state index contributed by atoms with van der Waals surface area (Å²) in [5, 5.41) is 5.87. The van der Waals surface area contributed by atoms with E-state index in [1.165, 1.54) is 0 Å². The molecular formula is C22H25N3O3S. The maximum atomic E-state index is 13.0. The summed E-state index contributed by atoms with van der Waals surface area (Å²) in [6.07, 6.45) is 1.79. The molecule has 0 saturated carbocycles. The van der Waals surface area contributed by atoms with E-state index in [9.17, 15) is 4.79 Å². The molecule has 7 heteroatoms. The van der Waals surface area contributed by atoms with Gasteiger partial charge in [-0.15, -0.1) is 11.3 Å². The molecule has 0 aliphatic heterocycles. The van der Waals surface area contributed by atoms with Crippen LogP contribution in [-0.4, -0.2) is 36.2 Å². The van der Waals surface area contributed by atoms with Crippen molar-refractivity contribution < 1.29 is 14.3 Å². The van der Waals surface area contributed by atoms with Gasteiger partial charge in [0, 0.05) is 35.8 Å². The molecule has 2 amide bonds. The van der Waals surface area contributed by atoms with Crippen molar-refractivity contribution in [1.82, 2.24) is 9.88 Å². The Kier molecular flexibility index (Phi) is 6.72. The quantitative estimate of drug-likeness (QED) is 0.575. The van der Waals surface area contributed by atoms with Gasteiger partial charge < -0.3 is 19.7 Å². The third-order valence-electron chi connectivity index (χ3n) is 4.49. The number of anilines is 1. The molecule has 0 atom stereocenters. The average molecular weight is 412 g/mol. The van der Waals surface area contributed by atoms with Crippen LogP contribution in [0, 0.1) is 0 Å². The van der Waals surface area contributed by atoms with E-state index in [-0.39, 0.29) is 12.1 Å². The Morgan fingerprint density at radius 2 is 2.00 bits per heavy atom. The molecule has 1 heterocycles. The van der Waals surface area contributed by atoms with Gasteiger partial charge in [-0.1, -0.05) is 18.2 Å². The number of benzene rings is 2. The van der Waals surface area contributed by atoms with E-state index < -0.39 is 0 Å². The Bertz CT molecular complexity index is 958. The predicted octanol–water partition coefficient (Wildman–Crippen LogP) is 5.27. The number of nitrogens with zero attached hydrogens (tertiary/aromatic N) is 2. The number of hydrogen-bond donors (Lipinski definition) is 1. The normalized spacial score (nSPS) is 10.7. The van der Waals surface area contributed by atoms with Gasteiger partial charge >= 0.3 is 6.03 Å². The first-order valence-corrected chi connectivity index (χ1v) is 10.2. The maximum Gasteiger partial charge on any atom is 0.322 e. The van der Waals surface area contributed by atoms with Gasteiger partial charge in [-0.25, -0.2) is 9.78 Å². The van der Waals surface area contributed by atoms with E-state index in [1.54, 1.807) is 54.9 Å². The molecule has 6 nitrogen and oxygen atoms in total. The number of rotatable bonds is 7. The molecular weight excluding hydrogens is 386 g/mol. The number of aromatic nitrogens is 1. The van der Waals surface area contributed by atoms with Crippen molar-refractivity contribution in [1.29, 1.82) is 0 Å². The number of hydrogen-bond acceptors (Lipinski definition) is 5. The Morgan fingerprint density at radius 3 is 2.66 bits per heavy atom. The van der Waals surface area contributed by atoms with Crippen LogP contribution in [0.25, 0.3) is 10.6 Å². The first kappa shape index (κ1) is 20.7. The van der Waals surface area contributed by atoms with E-state index in [0.29, 0.717) is 23.7 Å². The number of ether oxygens (including phenoxy) is 2. The molecule has 0 bridgehead atoms. The zero-order chi connectivity index (χ0) is 20.8. The topological polar surface area (TPSA) is 63.7 Å². The van der Waals surface area contributed by atoms with Crippen LogP contribution >= 0.6 is 11.3 Å². The number of nitrogens with one attached hydrogen (secondary N) is 1. The van der Waals surface area contributed by atoms with Crippen LogP contribution in [0.1, 0.15) is 19.4 Å². The highest BCUT2D eigenvalue weighted by Crippen LogP contribution is 2.29. The first-order chi connectivity index (χ1) is 14.0. The van der Waals surface area contributed by atoms with Crippen LogP contribution < -0.4 is 14.8 Å². The summed E-state index contributed by atoms with van der Waals surface area (Å²) < 4.78 is 10.6. The van der Waals surface area contributed by atoms with Crippen LogP contribution in [-0.2, 0) is 6.54 Å². The molecule has 0 aliphatic rings. The molecule has 0 spiro atoms. The van der Waals surface area contributed by atoms with E-state index in [4.69, 9.17) is 9.47 Å². The van der Waals surface area contributed by atoms with Gasteiger partial charge in [-0.3, -0.25) is 0 Å². The second-order valence-electron chi connectivity index (χ2n) is 6.76. The zero-order valence-electron chi connectivity index (χ0n) is 17.0. The van der Waals surface area contributed by atoms with Gasteiger partial charge in [-0.2, -0.15) is 0 Å². The van der Waals surface area contributed by atoms with Gasteiger partial charge in [0.2, 0.25) is 0 Å². The molecule has 0 aliphatic carbocycles.